The molecular formula is C20H27N5O2. The minimum absolute atomic E-state index is 0.0856. The molecule has 0 N–H and O–H groups in total. The maximum atomic E-state index is 13.4. The van der Waals surface area contributed by atoms with Gasteiger partial charge in [-0.1, -0.05) is 17.6 Å². The van der Waals surface area contributed by atoms with Gasteiger partial charge in [0.05, 0.1) is 6.54 Å². The van der Waals surface area contributed by atoms with E-state index in [1.165, 1.54) is 6.42 Å². The first-order valence-corrected chi connectivity index (χ1v) is 10.0. The van der Waals surface area contributed by atoms with Crippen LogP contribution in [0.2, 0.25) is 0 Å². The van der Waals surface area contributed by atoms with Crippen LogP contribution in [-0.2, 0) is 11.3 Å². The van der Waals surface area contributed by atoms with E-state index in [1.54, 1.807) is 12.4 Å². The van der Waals surface area contributed by atoms with Crippen molar-refractivity contribution in [2.45, 2.75) is 57.5 Å². The number of carbonyl (C=O) groups excluding carboxylic acids is 1. The lowest BCUT2D eigenvalue weighted by Gasteiger charge is -2.31. The highest BCUT2D eigenvalue weighted by Gasteiger charge is 2.33. The van der Waals surface area contributed by atoms with Crippen molar-refractivity contribution in [3.63, 3.8) is 0 Å². The summed E-state index contributed by atoms with van der Waals surface area (Å²) >= 11 is 0. The van der Waals surface area contributed by atoms with Gasteiger partial charge in [-0.15, -0.1) is 0 Å². The Morgan fingerprint density at radius 1 is 1.33 bits per heavy atom. The van der Waals surface area contributed by atoms with Gasteiger partial charge in [-0.25, -0.2) is 0 Å². The molecule has 1 saturated heterocycles. The van der Waals surface area contributed by atoms with E-state index < -0.39 is 0 Å². The third-order valence-corrected chi connectivity index (χ3v) is 5.70. The van der Waals surface area contributed by atoms with Crippen LogP contribution < -0.4 is 0 Å². The lowest BCUT2D eigenvalue weighted by molar-refractivity contribution is -0.137. The number of aromatic nitrogens is 3. The van der Waals surface area contributed by atoms with Crippen molar-refractivity contribution in [1.29, 1.82) is 0 Å². The van der Waals surface area contributed by atoms with Crippen molar-refractivity contribution in [2.75, 3.05) is 19.6 Å². The summed E-state index contributed by atoms with van der Waals surface area (Å²) in [6.45, 7) is 4.87. The Morgan fingerprint density at radius 3 is 2.78 bits per heavy atom. The third kappa shape index (κ3) is 3.88. The van der Waals surface area contributed by atoms with Gasteiger partial charge in [0.2, 0.25) is 11.8 Å². The van der Waals surface area contributed by atoms with Gasteiger partial charge in [0.1, 0.15) is 6.04 Å². The van der Waals surface area contributed by atoms with Gasteiger partial charge in [0, 0.05) is 24.9 Å². The van der Waals surface area contributed by atoms with Gasteiger partial charge >= 0.3 is 0 Å². The lowest BCUT2D eigenvalue weighted by atomic mass is 9.85. The normalized spacial score (nSPS) is 19.0. The molecule has 4 rings (SSSR count). The van der Waals surface area contributed by atoms with E-state index in [2.05, 4.69) is 20.0 Å². The highest BCUT2D eigenvalue weighted by atomic mass is 16.5. The fraction of sp³-hybridized carbons (Fsp3) is 0.600. The lowest BCUT2D eigenvalue weighted by Crippen LogP contribution is -2.42. The van der Waals surface area contributed by atoms with Crippen LogP contribution in [0.15, 0.2) is 29.0 Å². The van der Waals surface area contributed by atoms with Gasteiger partial charge in [-0.2, -0.15) is 4.98 Å². The average Bonchev–Trinajstić information content (AvgIpc) is 3.32. The molecule has 2 fully saturated rings. The van der Waals surface area contributed by atoms with Crippen molar-refractivity contribution in [2.24, 2.45) is 0 Å². The SMILES string of the molecule is CCN(Cc1noc(C2CCC2)n1)C(=O)C(c1cccnc1)N1CCCC1. The van der Waals surface area contributed by atoms with Crippen molar-refractivity contribution in [1.82, 2.24) is 24.9 Å². The highest BCUT2D eigenvalue weighted by molar-refractivity contribution is 5.83. The molecule has 7 nitrogen and oxygen atoms in total. The molecule has 2 aliphatic rings. The van der Waals surface area contributed by atoms with E-state index in [-0.39, 0.29) is 11.9 Å². The van der Waals surface area contributed by atoms with Crippen molar-refractivity contribution in [3.05, 3.63) is 41.8 Å². The first-order chi connectivity index (χ1) is 13.3. The third-order valence-electron chi connectivity index (χ3n) is 5.70. The molecule has 0 aromatic carbocycles. The first-order valence-electron chi connectivity index (χ1n) is 10.0. The largest absolute Gasteiger partial charge is 0.339 e. The Kier molecular flexibility index (Phi) is 5.48. The molecular weight excluding hydrogens is 342 g/mol. The monoisotopic (exact) mass is 369 g/mol. The fourth-order valence-electron chi connectivity index (χ4n) is 3.89. The van der Waals surface area contributed by atoms with Crippen LogP contribution in [0.5, 0.6) is 0 Å². The second-order valence-corrected chi connectivity index (χ2v) is 7.46. The number of carbonyl (C=O) groups is 1. The molecule has 2 aromatic heterocycles. The standard InChI is InChI=1S/C20H27N5O2/c1-2-24(14-17-22-19(27-23-17)15-7-5-8-15)20(26)18(25-11-3-4-12-25)16-9-6-10-21-13-16/h6,9-10,13,15,18H,2-5,7-8,11-12,14H2,1H3. The summed E-state index contributed by atoms with van der Waals surface area (Å²) in [6, 6.07) is 3.59. The van der Waals surface area contributed by atoms with Gasteiger partial charge in [-0.05, 0) is 57.3 Å². The van der Waals surface area contributed by atoms with Crippen molar-refractivity contribution >= 4 is 5.91 Å². The summed E-state index contributed by atoms with van der Waals surface area (Å²) in [4.78, 5) is 26.3. The molecule has 144 valence electrons. The van der Waals surface area contributed by atoms with E-state index in [4.69, 9.17) is 4.52 Å². The average molecular weight is 369 g/mol. The molecule has 1 atom stereocenters. The minimum Gasteiger partial charge on any atom is -0.339 e. The van der Waals surface area contributed by atoms with E-state index in [0.29, 0.717) is 24.8 Å². The molecule has 3 heterocycles. The van der Waals surface area contributed by atoms with Crippen LogP contribution in [0.1, 0.15) is 68.3 Å². The topological polar surface area (TPSA) is 75.4 Å². The van der Waals surface area contributed by atoms with E-state index in [1.807, 2.05) is 24.0 Å². The van der Waals surface area contributed by atoms with Crippen LogP contribution in [0.3, 0.4) is 0 Å². The highest BCUT2D eigenvalue weighted by Crippen LogP contribution is 2.35. The van der Waals surface area contributed by atoms with Crippen LogP contribution in [0.4, 0.5) is 0 Å². The summed E-state index contributed by atoms with van der Waals surface area (Å²) in [7, 11) is 0. The van der Waals surface area contributed by atoms with Crippen LogP contribution in [0.25, 0.3) is 0 Å². The predicted molar refractivity (Wildman–Crippen MR) is 99.8 cm³/mol. The molecule has 7 heteroatoms. The Hall–Kier alpha value is -2.28. The molecule has 27 heavy (non-hydrogen) atoms. The fourth-order valence-corrected chi connectivity index (χ4v) is 3.89. The Labute approximate surface area is 159 Å². The number of nitrogens with zero attached hydrogens (tertiary/aromatic N) is 5. The smallest absolute Gasteiger partial charge is 0.244 e. The molecule has 0 radical (unpaired) electrons. The van der Waals surface area contributed by atoms with Gasteiger partial charge < -0.3 is 9.42 Å². The number of rotatable bonds is 7. The molecule has 1 unspecified atom stereocenters. The van der Waals surface area contributed by atoms with Crippen molar-refractivity contribution < 1.29 is 9.32 Å². The number of hydrogen-bond donors (Lipinski definition) is 0. The molecule has 1 saturated carbocycles. The van der Waals surface area contributed by atoms with Crippen LogP contribution >= 0.6 is 0 Å². The maximum absolute atomic E-state index is 13.4. The molecule has 1 aliphatic carbocycles. The molecule has 0 spiro atoms. The Bertz CT molecular complexity index is 753. The second kappa shape index (κ2) is 8.17. The summed E-state index contributed by atoms with van der Waals surface area (Å²) in [5.41, 5.74) is 0.950. The zero-order valence-corrected chi connectivity index (χ0v) is 15.9. The zero-order valence-electron chi connectivity index (χ0n) is 15.9. The van der Waals surface area contributed by atoms with E-state index in [0.717, 1.165) is 50.2 Å². The van der Waals surface area contributed by atoms with E-state index >= 15 is 0 Å². The predicted octanol–water partition coefficient (Wildman–Crippen LogP) is 2.92. The quantitative estimate of drug-likeness (QED) is 0.747. The molecule has 2 aromatic rings. The van der Waals surface area contributed by atoms with Crippen LogP contribution in [0, 0.1) is 0 Å². The summed E-state index contributed by atoms with van der Waals surface area (Å²) < 4.78 is 5.42. The van der Waals surface area contributed by atoms with Gasteiger partial charge in [0.15, 0.2) is 5.82 Å². The number of amides is 1. The second-order valence-electron chi connectivity index (χ2n) is 7.46. The molecule has 1 amide bonds. The molecule has 1 aliphatic heterocycles. The van der Waals surface area contributed by atoms with Crippen LogP contribution in [-0.4, -0.2) is 50.5 Å². The molecule has 0 bridgehead atoms. The Morgan fingerprint density at radius 2 is 2.15 bits per heavy atom. The summed E-state index contributed by atoms with van der Waals surface area (Å²) in [6.07, 6.45) is 9.28. The maximum Gasteiger partial charge on any atom is 0.244 e. The summed E-state index contributed by atoms with van der Waals surface area (Å²) in [5, 5.41) is 4.11. The van der Waals surface area contributed by atoms with Gasteiger partial charge in [-0.3, -0.25) is 14.7 Å². The zero-order chi connectivity index (χ0) is 18.6. The number of likely N-dealkylation sites (tertiary alicyclic amines) is 1. The summed E-state index contributed by atoms with van der Waals surface area (Å²) in [5.74, 6) is 1.81. The minimum atomic E-state index is -0.292. The number of hydrogen-bond acceptors (Lipinski definition) is 6. The number of pyridine rings is 1. The van der Waals surface area contributed by atoms with E-state index in [9.17, 15) is 4.79 Å². The Balaban J connectivity index is 1.52. The van der Waals surface area contributed by atoms with Crippen molar-refractivity contribution in [3.8, 4) is 0 Å². The number of likely N-dealkylation sites (N-methyl/N-ethyl adjacent to an activating group) is 1. The first kappa shape index (κ1) is 18.1. The van der Waals surface area contributed by atoms with Gasteiger partial charge in [0.25, 0.3) is 0 Å².